The predicted molar refractivity (Wildman–Crippen MR) is 75.2 cm³/mol. The van der Waals surface area contributed by atoms with Crippen LogP contribution in [0.15, 0.2) is 12.3 Å². The van der Waals surface area contributed by atoms with E-state index in [2.05, 4.69) is 4.98 Å². The molecule has 0 aliphatic carbocycles. The van der Waals surface area contributed by atoms with Gasteiger partial charge in [-0.25, -0.2) is 0 Å². The van der Waals surface area contributed by atoms with Gasteiger partial charge in [-0.05, 0) is 13.0 Å². The third-order valence-corrected chi connectivity index (χ3v) is 4.31. The second-order valence-corrected chi connectivity index (χ2v) is 5.83. The van der Waals surface area contributed by atoms with Gasteiger partial charge in [-0.3, -0.25) is 14.4 Å². The van der Waals surface area contributed by atoms with Crippen LogP contribution in [-0.4, -0.2) is 56.7 Å². The van der Waals surface area contributed by atoms with E-state index in [0.717, 1.165) is 5.75 Å². The van der Waals surface area contributed by atoms with Gasteiger partial charge in [0.25, 0.3) is 5.91 Å². The summed E-state index contributed by atoms with van der Waals surface area (Å²) in [5.74, 6) is 0.146. The minimum absolute atomic E-state index is 0.0565. The number of carboxylic acids is 1. The Morgan fingerprint density at radius 1 is 1.50 bits per heavy atom. The summed E-state index contributed by atoms with van der Waals surface area (Å²) in [6.07, 6.45) is 1.44. The van der Waals surface area contributed by atoms with E-state index < -0.39 is 5.97 Å². The molecule has 0 radical (unpaired) electrons. The minimum Gasteiger partial charge on any atom is -0.481 e. The molecular weight excluding hydrogens is 280 g/mol. The van der Waals surface area contributed by atoms with E-state index in [1.165, 1.54) is 19.2 Å². The van der Waals surface area contributed by atoms with Crippen LogP contribution in [0.4, 0.5) is 0 Å². The molecule has 20 heavy (non-hydrogen) atoms. The fourth-order valence-corrected chi connectivity index (χ4v) is 3.23. The number of aromatic amines is 1. The number of carbonyl (C=O) groups excluding carboxylic acids is 2. The van der Waals surface area contributed by atoms with Gasteiger partial charge in [0, 0.05) is 29.8 Å². The van der Waals surface area contributed by atoms with E-state index in [0.29, 0.717) is 23.6 Å². The normalized spacial score (nSPS) is 18.9. The van der Waals surface area contributed by atoms with Gasteiger partial charge in [-0.2, -0.15) is 11.8 Å². The first-order valence-corrected chi connectivity index (χ1v) is 7.44. The Morgan fingerprint density at radius 3 is 2.85 bits per heavy atom. The number of hydrogen-bond acceptors (Lipinski definition) is 4. The number of hydrogen-bond donors (Lipinski definition) is 2. The van der Waals surface area contributed by atoms with Crippen molar-refractivity contribution in [2.75, 3.05) is 18.1 Å². The standard InChI is InChI=1S/C13H16N2O4S/c1-8(16)9-4-11(14-6-9)13(19)15-2-3-20-7-10(15)5-12(17)18/h4,6,10,14H,2-3,5,7H2,1H3,(H,17,18). The highest BCUT2D eigenvalue weighted by atomic mass is 32.2. The van der Waals surface area contributed by atoms with E-state index in [9.17, 15) is 14.4 Å². The number of carboxylic acid groups (broad SMARTS) is 1. The van der Waals surface area contributed by atoms with E-state index >= 15 is 0 Å². The Bertz CT molecular complexity index is 540. The lowest BCUT2D eigenvalue weighted by Gasteiger charge is -2.34. The third-order valence-electron chi connectivity index (χ3n) is 3.22. The summed E-state index contributed by atoms with van der Waals surface area (Å²) in [7, 11) is 0. The molecule has 0 aromatic carbocycles. The Hall–Kier alpha value is -1.76. The van der Waals surface area contributed by atoms with Gasteiger partial charge in [0.1, 0.15) is 5.69 Å². The number of aromatic nitrogens is 1. The van der Waals surface area contributed by atoms with Crippen molar-refractivity contribution in [3.63, 3.8) is 0 Å². The lowest BCUT2D eigenvalue weighted by molar-refractivity contribution is -0.138. The molecule has 7 heteroatoms. The first kappa shape index (κ1) is 14.6. The van der Waals surface area contributed by atoms with Crippen molar-refractivity contribution in [3.8, 4) is 0 Å². The fourth-order valence-electron chi connectivity index (χ4n) is 2.17. The molecule has 0 bridgehead atoms. The lowest BCUT2D eigenvalue weighted by Crippen LogP contribution is -2.47. The van der Waals surface area contributed by atoms with Gasteiger partial charge in [-0.15, -0.1) is 0 Å². The first-order valence-electron chi connectivity index (χ1n) is 6.29. The van der Waals surface area contributed by atoms with Crippen molar-refractivity contribution < 1.29 is 19.5 Å². The van der Waals surface area contributed by atoms with Crippen LogP contribution in [0.5, 0.6) is 0 Å². The van der Waals surface area contributed by atoms with Crippen LogP contribution in [0.1, 0.15) is 34.2 Å². The summed E-state index contributed by atoms with van der Waals surface area (Å²) in [6, 6.07) is 1.22. The van der Waals surface area contributed by atoms with Gasteiger partial charge in [0.15, 0.2) is 5.78 Å². The van der Waals surface area contributed by atoms with Crippen LogP contribution in [0, 0.1) is 0 Å². The second-order valence-electron chi connectivity index (χ2n) is 4.68. The largest absolute Gasteiger partial charge is 0.481 e. The Morgan fingerprint density at radius 2 is 2.25 bits per heavy atom. The fraction of sp³-hybridized carbons (Fsp3) is 0.462. The zero-order valence-electron chi connectivity index (χ0n) is 11.1. The summed E-state index contributed by atoms with van der Waals surface area (Å²) in [6.45, 7) is 1.96. The molecule has 1 atom stereocenters. The highest BCUT2D eigenvalue weighted by Crippen LogP contribution is 2.21. The first-order chi connectivity index (χ1) is 9.49. The van der Waals surface area contributed by atoms with Crippen LogP contribution in [-0.2, 0) is 4.79 Å². The molecule has 1 aliphatic rings. The molecule has 1 saturated heterocycles. The summed E-state index contributed by atoms with van der Waals surface area (Å²) < 4.78 is 0. The van der Waals surface area contributed by atoms with Crippen LogP contribution >= 0.6 is 11.8 Å². The Labute approximate surface area is 120 Å². The molecule has 2 heterocycles. The molecule has 0 saturated carbocycles. The van der Waals surface area contributed by atoms with Crippen molar-refractivity contribution in [1.29, 1.82) is 0 Å². The number of rotatable bonds is 4. The van der Waals surface area contributed by atoms with Crippen LogP contribution in [0.25, 0.3) is 0 Å². The maximum absolute atomic E-state index is 12.4. The van der Waals surface area contributed by atoms with Crippen molar-refractivity contribution >= 4 is 29.4 Å². The van der Waals surface area contributed by atoms with Crippen molar-refractivity contribution in [2.45, 2.75) is 19.4 Å². The zero-order valence-corrected chi connectivity index (χ0v) is 11.9. The molecule has 1 aromatic rings. The van der Waals surface area contributed by atoms with Crippen molar-refractivity contribution in [1.82, 2.24) is 9.88 Å². The number of nitrogens with one attached hydrogen (secondary N) is 1. The van der Waals surface area contributed by atoms with Crippen molar-refractivity contribution in [2.24, 2.45) is 0 Å². The van der Waals surface area contributed by atoms with E-state index in [1.807, 2.05) is 0 Å². The Kier molecular flexibility index (Phi) is 4.49. The molecule has 2 rings (SSSR count). The average Bonchev–Trinajstić information content (AvgIpc) is 2.87. The smallest absolute Gasteiger partial charge is 0.305 e. The molecule has 1 fully saturated rings. The third kappa shape index (κ3) is 3.22. The summed E-state index contributed by atoms with van der Waals surface area (Å²) in [5.41, 5.74) is 0.784. The SMILES string of the molecule is CC(=O)c1c[nH]c(C(=O)N2CCSCC2CC(=O)O)c1. The van der Waals surface area contributed by atoms with Crippen LogP contribution < -0.4 is 0 Å². The summed E-state index contributed by atoms with van der Waals surface area (Å²) in [4.78, 5) is 38.9. The lowest BCUT2D eigenvalue weighted by atomic mass is 10.1. The van der Waals surface area contributed by atoms with Crippen LogP contribution in [0.2, 0.25) is 0 Å². The summed E-state index contributed by atoms with van der Waals surface area (Å²) >= 11 is 1.65. The van der Waals surface area contributed by atoms with Crippen molar-refractivity contribution in [3.05, 3.63) is 23.5 Å². The molecule has 108 valence electrons. The van der Waals surface area contributed by atoms with Gasteiger partial charge in [-0.1, -0.05) is 0 Å². The topological polar surface area (TPSA) is 90.5 Å². The molecule has 0 spiro atoms. The summed E-state index contributed by atoms with van der Waals surface area (Å²) in [5, 5.41) is 8.91. The number of thioether (sulfide) groups is 1. The molecule has 1 aliphatic heterocycles. The van der Waals surface area contributed by atoms with Gasteiger partial charge in [0.2, 0.25) is 0 Å². The molecule has 2 N–H and O–H groups in total. The molecule has 1 aromatic heterocycles. The second kappa shape index (κ2) is 6.13. The maximum atomic E-state index is 12.4. The number of aliphatic carboxylic acids is 1. The highest BCUT2D eigenvalue weighted by Gasteiger charge is 2.30. The maximum Gasteiger partial charge on any atom is 0.305 e. The average molecular weight is 296 g/mol. The van der Waals surface area contributed by atoms with E-state index in [-0.39, 0.29) is 24.2 Å². The monoisotopic (exact) mass is 296 g/mol. The number of Topliss-reactive ketones (excluding diaryl/α,β-unsaturated/α-hetero) is 1. The van der Waals surface area contributed by atoms with E-state index in [1.54, 1.807) is 16.7 Å². The zero-order chi connectivity index (χ0) is 14.7. The minimum atomic E-state index is -0.911. The molecule has 6 nitrogen and oxygen atoms in total. The van der Waals surface area contributed by atoms with Gasteiger partial charge in [0.05, 0.1) is 12.5 Å². The molecule has 1 amide bonds. The number of amides is 1. The number of ketones is 1. The Balaban J connectivity index is 2.15. The van der Waals surface area contributed by atoms with Crippen LogP contribution in [0.3, 0.4) is 0 Å². The number of H-pyrrole nitrogens is 1. The predicted octanol–water partition coefficient (Wildman–Crippen LogP) is 1.25. The highest BCUT2D eigenvalue weighted by molar-refractivity contribution is 7.99. The molecular formula is C13H16N2O4S. The molecule has 1 unspecified atom stereocenters. The van der Waals surface area contributed by atoms with E-state index in [4.69, 9.17) is 5.11 Å². The quantitative estimate of drug-likeness (QED) is 0.816. The number of carbonyl (C=O) groups is 3. The van der Waals surface area contributed by atoms with Gasteiger partial charge >= 0.3 is 5.97 Å². The van der Waals surface area contributed by atoms with Gasteiger partial charge < -0.3 is 15.0 Å². The number of nitrogens with zero attached hydrogens (tertiary/aromatic N) is 1.